The molecule has 13 nitrogen and oxygen atoms in total. The molecule has 308 valence electrons. The first-order chi connectivity index (χ1) is 27.9. The van der Waals surface area contributed by atoms with E-state index in [-0.39, 0.29) is 38.0 Å². The van der Waals surface area contributed by atoms with E-state index >= 15 is 0 Å². The van der Waals surface area contributed by atoms with Crippen molar-refractivity contribution >= 4 is 29.8 Å². The lowest BCUT2D eigenvalue weighted by molar-refractivity contribution is -0.157. The summed E-state index contributed by atoms with van der Waals surface area (Å²) >= 11 is 0. The van der Waals surface area contributed by atoms with Crippen molar-refractivity contribution in [2.24, 2.45) is 0 Å². The lowest BCUT2D eigenvalue weighted by Gasteiger charge is -2.33. The highest BCUT2D eigenvalue weighted by Gasteiger charge is 2.55. The van der Waals surface area contributed by atoms with E-state index in [0.717, 1.165) is 0 Å². The van der Waals surface area contributed by atoms with Crippen molar-refractivity contribution in [2.45, 2.75) is 94.7 Å². The summed E-state index contributed by atoms with van der Waals surface area (Å²) < 4.78 is 30.5. The predicted molar refractivity (Wildman–Crippen MR) is 213 cm³/mol. The zero-order valence-corrected chi connectivity index (χ0v) is 33.1. The molecule has 6 rings (SSSR count). The number of fused-ring (bicyclic) bond motifs is 1. The number of ether oxygens (including phenoxy) is 5. The summed E-state index contributed by atoms with van der Waals surface area (Å²) in [6, 6.07) is 24.1. The Kier molecular flexibility index (Phi) is 13.8. The molecule has 2 saturated heterocycles. The van der Waals surface area contributed by atoms with Crippen LogP contribution in [0.4, 0.5) is 0 Å². The third-order valence-corrected chi connectivity index (χ3v) is 10.1. The van der Waals surface area contributed by atoms with Crippen molar-refractivity contribution in [1.82, 2.24) is 10.2 Å². The molecule has 0 aromatic heterocycles. The number of amides is 2. The second kappa shape index (κ2) is 18.9. The van der Waals surface area contributed by atoms with E-state index in [0.29, 0.717) is 41.6 Å². The molecular formula is C45H52N2O11. The van der Waals surface area contributed by atoms with Crippen LogP contribution in [0.1, 0.15) is 79.9 Å². The summed E-state index contributed by atoms with van der Waals surface area (Å²) in [4.78, 5) is 55.9. The zero-order chi connectivity index (χ0) is 41.3. The lowest BCUT2D eigenvalue weighted by Crippen LogP contribution is -2.51. The molecule has 2 aliphatic heterocycles. The van der Waals surface area contributed by atoms with Gasteiger partial charge in [0.25, 0.3) is 0 Å². The maximum absolute atomic E-state index is 14.5. The lowest BCUT2D eigenvalue weighted by atomic mass is 9.91. The van der Waals surface area contributed by atoms with Crippen LogP contribution in [0.15, 0.2) is 103 Å². The van der Waals surface area contributed by atoms with Crippen molar-refractivity contribution in [3.05, 3.63) is 125 Å². The van der Waals surface area contributed by atoms with Gasteiger partial charge in [0.15, 0.2) is 0 Å². The minimum Gasteiger partial charge on any atom is -0.499 e. The van der Waals surface area contributed by atoms with Crippen LogP contribution in [-0.4, -0.2) is 101 Å². The molecular weight excluding hydrogens is 744 g/mol. The fourth-order valence-electron chi connectivity index (χ4n) is 7.46. The van der Waals surface area contributed by atoms with E-state index in [4.69, 9.17) is 28.8 Å². The summed E-state index contributed by atoms with van der Waals surface area (Å²) in [6.07, 6.45) is 3.33. The quantitative estimate of drug-likeness (QED) is 0.110. The van der Waals surface area contributed by atoms with E-state index in [1.807, 2.05) is 60.7 Å². The van der Waals surface area contributed by atoms with Crippen LogP contribution in [0.3, 0.4) is 0 Å². The second-order valence-electron chi connectivity index (χ2n) is 15.5. The van der Waals surface area contributed by atoms with Crippen LogP contribution in [0.2, 0.25) is 0 Å². The number of rotatable bonds is 15. The van der Waals surface area contributed by atoms with Gasteiger partial charge in [0.1, 0.15) is 36.6 Å². The summed E-state index contributed by atoms with van der Waals surface area (Å²) in [5.74, 6) is -3.31. The van der Waals surface area contributed by atoms with E-state index in [1.54, 1.807) is 57.2 Å². The molecule has 2 amide bonds. The Morgan fingerprint density at radius 3 is 2.33 bits per heavy atom. The molecule has 2 fully saturated rings. The average molecular weight is 797 g/mol. The van der Waals surface area contributed by atoms with Gasteiger partial charge in [-0.15, -0.1) is 0 Å². The van der Waals surface area contributed by atoms with Crippen LogP contribution in [0.25, 0.3) is 6.08 Å². The normalized spacial score (nSPS) is 21.8. The number of carbonyl (C=O) groups is 4. The third kappa shape index (κ3) is 10.2. The number of aliphatic hydroxyl groups is 2. The molecule has 5 unspecified atom stereocenters. The first kappa shape index (κ1) is 42.3. The van der Waals surface area contributed by atoms with Gasteiger partial charge >= 0.3 is 11.9 Å². The first-order valence-electron chi connectivity index (χ1n) is 19.7. The molecule has 1 aliphatic carbocycles. The molecule has 5 atom stereocenters. The molecule has 0 spiro atoms. The number of nitrogens with zero attached hydrogens (tertiary/aromatic N) is 1. The van der Waals surface area contributed by atoms with Crippen molar-refractivity contribution in [1.29, 1.82) is 0 Å². The third-order valence-electron chi connectivity index (χ3n) is 10.1. The van der Waals surface area contributed by atoms with E-state index in [2.05, 4.69) is 5.32 Å². The average Bonchev–Trinajstić information content (AvgIpc) is 3.88. The number of hydrogen-bond acceptors (Lipinski definition) is 11. The highest BCUT2D eigenvalue weighted by Crippen LogP contribution is 2.47. The Morgan fingerprint density at radius 1 is 0.966 bits per heavy atom. The summed E-state index contributed by atoms with van der Waals surface area (Å²) in [7, 11) is 0. The molecule has 2 heterocycles. The summed E-state index contributed by atoms with van der Waals surface area (Å²) in [5, 5.41) is 21.9. The number of carbonyl (C=O) groups excluding carboxylic acids is 4. The van der Waals surface area contributed by atoms with Crippen LogP contribution in [0, 0.1) is 0 Å². The number of likely N-dealkylation sites (tertiary alicyclic amines) is 1. The largest absolute Gasteiger partial charge is 0.499 e. The Hall–Kier alpha value is -5.34. The zero-order valence-electron chi connectivity index (χ0n) is 33.1. The number of nitrogens with one attached hydrogen (secondary N) is 1. The van der Waals surface area contributed by atoms with Crippen LogP contribution < -0.4 is 5.32 Å². The summed E-state index contributed by atoms with van der Waals surface area (Å²) in [5.41, 5.74) is 2.01. The Balaban J connectivity index is 1.26. The Bertz CT molecular complexity index is 1920. The fraction of sp³-hybridized carbons (Fsp3) is 0.422. The number of esters is 2. The van der Waals surface area contributed by atoms with Gasteiger partial charge in [0.05, 0.1) is 31.1 Å². The molecule has 3 N–H and O–H groups in total. The highest BCUT2D eigenvalue weighted by molar-refractivity contribution is 5.98. The molecule has 3 aromatic carbocycles. The molecule has 0 radical (unpaired) electrons. The smallest absolute Gasteiger partial charge is 0.338 e. The van der Waals surface area contributed by atoms with Gasteiger partial charge in [0.2, 0.25) is 17.6 Å². The van der Waals surface area contributed by atoms with Crippen molar-refractivity contribution in [2.75, 3.05) is 26.4 Å². The van der Waals surface area contributed by atoms with Crippen molar-refractivity contribution in [3.8, 4) is 0 Å². The van der Waals surface area contributed by atoms with Gasteiger partial charge < -0.3 is 44.1 Å². The molecule has 0 bridgehead atoms. The number of hydrogen-bond donors (Lipinski definition) is 3. The minimum absolute atomic E-state index is 0.00119. The molecule has 3 aliphatic rings. The van der Waals surface area contributed by atoms with E-state index in [1.165, 1.54) is 11.2 Å². The highest BCUT2D eigenvalue weighted by atomic mass is 16.8. The fourth-order valence-corrected chi connectivity index (χ4v) is 7.46. The van der Waals surface area contributed by atoms with Gasteiger partial charge in [-0.25, -0.2) is 4.79 Å². The van der Waals surface area contributed by atoms with Gasteiger partial charge in [-0.1, -0.05) is 72.8 Å². The Morgan fingerprint density at radius 2 is 1.67 bits per heavy atom. The SMILES string of the molecule is CC(C)(C)OC(=O)CCC(CO)NC(=O)C1CCCN1C(=O)C1=CC2OC(c3ccccc3)(c3ccccc3)OC2C(OC(=O)c2cccc(C=COCCO)c2)C1. The summed E-state index contributed by atoms with van der Waals surface area (Å²) in [6.45, 7) is 5.22. The number of aliphatic hydroxyl groups excluding tert-OH is 2. The predicted octanol–water partition coefficient (Wildman–Crippen LogP) is 4.80. The second-order valence-corrected chi connectivity index (χ2v) is 15.5. The van der Waals surface area contributed by atoms with Crippen molar-refractivity contribution in [3.63, 3.8) is 0 Å². The first-order valence-corrected chi connectivity index (χ1v) is 19.7. The molecule has 3 aromatic rings. The molecule has 13 heteroatoms. The van der Waals surface area contributed by atoms with E-state index < -0.39 is 72.1 Å². The standard InChI is InChI=1S/C45H52N2O11/c1-44(2,3)57-39(50)20-19-35(29-49)46-41(51)36-18-11-22-47(36)42(52)32-27-37(55-43(53)31-13-10-12-30(26-31)21-24-54-25-23-48)40-38(28-32)56-45(58-40,33-14-6-4-7-15-33)34-16-8-5-9-17-34/h4-10,12-17,21,24,26,28,35-38,40,48-49H,11,18-20,22-23,25,27,29H2,1-3H3,(H,46,51). The number of benzene rings is 3. The maximum atomic E-state index is 14.5. The van der Waals surface area contributed by atoms with Gasteiger partial charge in [-0.05, 0) is 69.9 Å². The van der Waals surface area contributed by atoms with Gasteiger partial charge in [-0.3, -0.25) is 14.4 Å². The van der Waals surface area contributed by atoms with Crippen LogP contribution in [-0.2, 0) is 43.9 Å². The van der Waals surface area contributed by atoms with Crippen molar-refractivity contribution < 1.29 is 53.1 Å². The van der Waals surface area contributed by atoms with E-state index in [9.17, 15) is 24.3 Å². The minimum atomic E-state index is -1.40. The Labute approximate surface area is 338 Å². The monoisotopic (exact) mass is 796 g/mol. The molecule has 0 saturated carbocycles. The van der Waals surface area contributed by atoms with Crippen LogP contribution >= 0.6 is 0 Å². The van der Waals surface area contributed by atoms with Crippen LogP contribution in [0.5, 0.6) is 0 Å². The van der Waals surface area contributed by atoms with Gasteiger partial charge in [0, 0.05) is 36.1 Å². The van der Waals surface area contributed by atoms with Gasteiger partial charge in [-0.2, -0.15) is 0 Å². The maximum Gasteiger partial charge on any atom is 0.338 e. The topological polar surface area (TPSA) is 170 Å². The molecule has 58 heavy (non-hydrogen) atoms.